The normalized spacial score (nSPS) is 11.3. The number of hydrogen-bond donors (Lipinski definition) is 1. The van der Waals surface area contributed by atoms with Crippen LogP contribution >= 0.6 is 12.2 Å². The van der Waals surface area contributed by atoms with Gasteiger partial charge in [0.15, 0.2) is 4.77 Å². The van der Waals surface area contributed by atoms with Gasteiger partial charge in [0.2, 0.25) is 0 Å². The molecular weight excluding hydrogens is 246 g/mol. The number of ether oxygens (including phenoxy) is 1. The summed E-state index contributed by atoms with van der Waals surface area (Å²) in [5.41, 5.74) is 2.17. The van der Waals surface area contributed by atoms with Gasteiger partial charge in [-0.25, -0.2) is 0 Å². The van der Waals surface area contributed by atoms with Crippen LogP contribution in [0.4, 0.5) is 0 Å². The van der Waals surface area contributed by atoms with Crippen molar-refractivity contribution in [1.29, 1.82) is 0 Å². The number of aryl methyl sites for hydroxylation is 1. The number of hydrogen-bond acceptors (Lipinski definition) is 3. The van der Waals surface area contributed by atoms with Crippen LogP contribution in [0, 0.1) is 4.77 Å². The van der Waals surface area contributed by atoms with Crippen LogP contribution in [-0.2, 0) is 6.54 Å². The van der Waals surface area contributed by atoms with E-state index in [1.807, 2.05) is 12.1 Å². The molecule has 0 amide bonds. The zero-order valence-corrected chi connectivity index (χ0v) is 11.9. The van der Waals surface area contributed by atoms with Crippen molar-refractivity contribution in [1.82, 2.24) is 14.5 Å². The Bertz CT molecular complexity index is 585. The minimum atomic E-state index is 0.775. The van der Waals surface area contributed by atoms with E-state index in [0.29, 0.717) is 0 Å². The molecule has 0 saturated heterocycles. The highest BCUT2D eigenvalue weighted by molar-refractivity contribution is 7.71. The van der Waals surface area contributed by atoms with Gasteiger partial charge in [0.05, 0.1) is 18.1 Å². The van der Waals surface area contributed by atoms with E-state index in [1.54, 1.807) is 7.11 Å². The fourth-order valence-corrected chi connectivity index (χ4v) is 2.34. The summed E-state index contributed by atoms with van der Waals surface area (Å²) < 4.78 is 8.14. The Morgan fingerprint density at radius 2 is 2.17 bits per heavy atom. The van der Waals surface area contributed by atoms with E-state index in [1.165, 1.54) is 0 Å². The highest BCUT2D eigenvalue weighted by Gasteiger charge is 2.05. The van der Waals surface area contributed by atoms with Crippen molar-refractivity contribution in [2.45, 2.75) is 13.0 Å². The van der Waals surface area contributed by atoms with Crippen molar-refractivity contribution in [3.05, 3.63) is 23.0 Å². The molecule has 0 unspecified atom stereocenters. The van der Waals surface area contributed by atoms with E-state index < -0.39 is 0 Å². The summed E-state index contributed by atoms with van der Waals surface area (Å²) in [5, 5.41) is 0. The number of aromatic nitrogens is 2. The maximum atomic E-state index is 5.36. The third-order valence-electron chi connectivity index (χ3n) is 2.97. The molecule has 18 heavy (non-hydrogen) atoms. The first-order valence-electron chi connectivity index (χ1n) is 6.03. The van der Waals surface area contributed by atoms with Crippen molar-refractivity contribution in [2.75, 3.05) is 27.7 Å². The number of nitrogens with one attached hydrogen (secondary N) is 1. The minimum Gasteiger partial charge on any atom is -0.497 e. The molecule has 4 nitrogen and oxygen atoms in total. The maximum Gasteiger partial charge on any atom is 0.178 e. The van der Waals surface area contributed by atoms with Crippen molar-refractivity contribution in [3.8, 4) is 5.75 Å². The topological polar surface area (TPSA) is 33.2 Å². The molecule has 0 aliphatic heterocycles. The zero-order valence-electron chi connectivity index (χ0n) is 11.1. The molecule has 0 bridgehead atoms. The molecule has 0 saturated carbocycles. The molecule has 1 aromatic heterocycles. The summed E-state index contributed by atoms with van der Waals surface area (Å²) in [4.78, 5) is 5.41. The first kappa shape index (κ1) is 13.1. The second kappa shape index (κ2) is 5.54. The molecule has 0 aliphatic carbocycles. The van der Waals surface area contributed by atoms with Crippen molar-refractivity contribution < 1.29 is 4.74 Å². The SMILES string of the molecule is COc1ccc2c(c1)[nH]c(=S)n2CCCN(C)C. The second-order valence-corrected chi connectivity index (χ2v) is 5.01. The highest BCUT2D eigenvalue weighted by atomic mass is 32.1. The number of aromatic amines is 1. The number of methoxy groups -OCH3 is 1. The van der Waals surface area contributed by atoms with Gasteiger partial charge >= 0.3 is 0 Å². The third-order valence-corrected chi connectivity index (χ3v) is 3.29. The Morgan fingerprint density at radius 1 is 1.39 bits per heavy atom. The highest BCUT2D eigenvalue weighted by Crippen LogP contribution is 2.20. The van der Waals surface area contributed by atoms with Gasteiger partial charge in [-0.3, -0.25) is 0 Å². The van der Waals surface area contributed by atoms with E-state index >= 15 is 0 Å². The molecule has 1 heterocycles. The average molecular weight is 265 g/mol. The second-order valence-electron chi connectivity index (χ2n) is 4.62. The van der Waals surface area contributed by atoms with Gasteiger partial charge in [-0.1, -0.05) is 0 Å². The van der Waals surface area contributed by atoms with E-state index in [2.05, 4.69) is 34.6 Å². The lowest BCUT2D eigenvalue weighted by atomic mass is 10.3. The summed E-state index contributed by atoms with van der Waals surface area (Å²) >= 11 is 5.36. The molecule has 0 fully saturated rings. The van der Waals surface area contributed by atoms with Crippen molar-refractivity contribution in [3.63, 3.8) is 0 Å². The Kier molecular flexibility index (Phi) is 4.04. The first-order valence-corrected chi connectivity index (χ1v) is 6.44. The lowest BCUT2D eigenvalue weighted by molar-refractivity contribution is 0.387. The predicted octanol–water partition coefficient (Wildman–Crippen LogP) is 2.66. The molecule has 0 aliphatic rings. The number of fused-ring (bicyclic) bond motifs is 1. The smallest absolute Gasteiger partial charge is 0.178 e. The van der Waals surface area contributed by atoms with Gasteiger partial charge < -0.3 is 19.2 Å². The molecule has 0 atom stereocenters. The molecule has 1 N–H and O–H groups in total. The van der Waals surface area contributed by atoms with Crippen molar-refractivity contribution >= 4 is 23.3 Å². The summed E-state index contributed by atoms with van der Waals surface area (Å²) in [6.45, 7) is 1.99. The fourth-order valence-electron chi connectivity index (χ4n) is 2.04. The molecule has 2 rings (SSSR count). The van der Waals surface area contributed by atoms with Crippen LogP contribution in [0.25, 0.3) is 11.0 Å². The number of benzene rings is 1. The minimum absolute atomic E-state index is 0.775. The Balaban J connectivity index is 2.27. The van der Waals surface area contributed by atoms with Crippen LogP contribution in [-0.4, -0.2) is 42.2 Å². The standard InChI is InChI=1S/C13H19N3OS/c1-15(2)7-4-8-16-12-6-5-10(17-3)9-11(12)14-13(16)18/h5-6,9H,4,7-8H2,1-3H3,(H,14,18). The number of H-pyrrole nitrogens is 1. The Morgan fingerprint density at radius 3 is 2.83 bits per heavy atom. The molecular formula is C13H19N3OS. The monoisotopic (exact) mass is 265 g/mol. The molecule has 2 aromatic rings. The van der Waals surface area contributed by atoms with Gasteiger partial charge in [-0.2, -0.15) is 0 Å². The summed E-state index contributed by atoms with van der Waals surface area (Å²) in [7, 11) is 5.84. The summed E-state index contributed by atoms with van der Waals surface area (Å²) in [6.07, 6.45) is 1.08. The number of nitrogens with zero attached hydrogens (tertiary/aromatic N) is 2. The van der Waals surface area contributed by atoms with E-state index in [4.69, 9.17) is 17.0 Å². The third kappa shape index (κ3) is 2.73. The Hall–Kier alpha value is -1.33. The lowest BCUT2D eigenvalue weighted by Crippen LogP contribution is -2.15. The van der Waals surface area contributed by atoms with Crippen LogP contribution in [0.1, 0.15) is 6.42 Å². The fraction of sp³-hybridized carbons (Fsp3) is 0.462. The lowest BCUT2D eigenvalue weighted by Gasteiger charge is -2.10. The maximum absolute atomic E-state index is 5.36. The van der Waals surface area contributed by atoms with Crippen LogP contribution in [0.15, 0.2) is 18.2 Å². The first-order chi connectivity index (χ1) is 8.61. The zero-order chi connectivity index (χ0) is 13.1. The Labute approximate surface area is 112 Å². The van der Waals surface area contributed by atoms with Gasteiger partial charge in [-0.15, -0.1) is 0 Å². The average Bonchev–Trinajstić information content (AvgIpc) is 2.64. The quantitative estimate of drug-likeness (QED) is 0.844. The summed E-state index contributed by atoms with van der Waals surface area (Å²) in [6, 6.07) is 6.00. The van der Waals surface area contributed by atoms with Crippen LogP contribution < -0.4 is 4.74 Å². The van der Waals surface area contributed by atoms with Gasteiger partial charge in [0, 0.05) is 12.6 Å². The number of imidazole rings is 1. The predicted molar refractivity (Wildman–Crippen MR) is 76.8 cm³/mol. The van der Waals surface area contributed by atoms with Gasteiger partial charge in [-0.05, 0) is 51.4 Å². The molecule has 98 valence electrons. The molecule has 0 spiro atoms. The van der Waals surface area contributed by atoms with Crippen LogP contribution in [0.3, 0.4) is 0 Å². The molecule has 5 heteroatoms. The van der Waals surface area contributed by atoms with Gasteiger partial charge in [0.1, 0.15) is 5.75 Å². The van der Waals surface area contributed by atoms with Crippen LogP contribution in [0.5, 0.6) is 5.75 Å². The van der Waals surface area contributed by atoms with Crippen LogP contribution in [0.2, 0.25) is 0 Å². The van der Waals surface area contributed by atoms with Gasteiger partial charge in [0.25, 0.3) is 0 Å². The summed E-state index contributed by atoms with van der Waals surface area (Å²) in [5.74, 6) is 0.846. The largest absolute Gasteiger partial charge is 0.497 e. The molecule has 0 radical (unpaired) electrons. The van der Waals surface area contributed by atoms with E-state index in [0.717, 1.165) is 41.1 Å². The number of rotatable bonds is 5. The van der Waals surface area contributed by atoms with E-state index in [9.17, 15) is 0 Å². The molecule has 1 aromatic carbocycles. The van der Waals surface area contributed by atoms with E-state index in [-0.39, 0.29) is 0 Å². The van der Waals surface area contributed by atoms with Crippen molar-refractivity contribution in [2.24, 2.45) is 0 Å².